The Morgan fingerprint density at radius 3 is 1.79 bits per heavy atom. The molecule has 2 heteroatoms. The van der Waals surface area contributed by atoms with E-state index in [1.54, 1.807) is 0 Å². The van der Waals surface area contributed by atoms with E-state index in [1.165, 1.54) is 33.2 Å². The molecule has 0 saturated carbocycles. The predicted molar refractivity (Wildman–Crippen MR) is 219 cm³/mol. The van der Waals surface area contributed by atoms with Crippen molar-refractivity contribution in [1.82, 2.24) is 0 Å². The topological polar surface area (TPSA) is 16.4 Å². The van der Waals surface area contributed by atoms with E-state index in [1.807, 2.05) is 6.07 Å². The fraction of sp³-hybridized carbons (Fsp3) is 0.0400. The van der Waals surface area contributed by atoms with Crippen LogP contribution in [0.15, 0.2) is 205 Å². The van der Waals surface area contributed by atoms with Gasteiger partial charge in [0.1, 0.15) is 11.2 Å². The van der Waals surface area contributed by atoms with Crippen molar-refractivity contribution in [2.45, 2.75) is 0 Å². The number of para-hydroxylation sites is 1. The molecule has 0 fully saturated rings. The van der Waals surface area contributed by atoms with E-state index in [9.17, 15) is 0 Å². The van der Waals surface area contributed by atoms with Crippen LogP contribution in [-0.2, 0) is 0 Å². The van der Waals surface area contributed by atoms with Gasteiger partial charge in [0.05, 0.1) is 0 Å². The molecule has 7 aromatic carbocycles. The third-order valence-electron chi connectivity index (χ3n) is 10.6. The minimum atomic E-state index is 0.418. The lowest BCUT2D eigenvalue weighted by Crippen LogP contribution is -2.11. The van der Waals surface area contributed by atoms with Crippen LogP contribution in [0.2, 0.25) is 0 Å². The number of allylic oxidation sites excluding steroid dienone is 8. The van der Waals surface area contributed by atoms with Crippen molar-refractivity contribution in [2.24, 2.45) is 11.8 Å². The summed E-state index contributed by atoms with van der Waals surface area (Å²) in [5.41, 5.74) is 12.4. The molecule has 246 valence electrons. The smallest absolute Gasteiger partial charge is 0.143 e. The highest BCUT2D eigenvalue weighted by Gasteiger charge is 2.20. The first-order valence-electron chi connectivity index (χ1n) is 18.0. The van der Waals surface area contributed by atoms with Gasteiger partial charge in [0.2, 0.25) is 0 Å². The fourth-order valence-electron chi connectivity index (χ4n) is 7.94. The second-order valence-electron chi connectivity index (χ2n) is 13.7. The average Bonchev–Trinajstić information content (AvgIpc) is 3.60. The summed E-state index contributed by atoms with van der Waals surface area (Å²) in [6.45, 7) is 0. The predicted octanol–water partition coefficient (Wildman–Crippen LogP) is 13.9. The normalized spacial score (nSPS) is 16.3. The Bertz CT molecular complexity index is 2710. The van der Waals surface area contributed by atoms with Gasteiger partial charge < -0.3 is 9.32 Å². The summed E-state index contributed by atoms with van der Waals surface area (Å²) in [6.07, 6.45) is 15.9. The van der Waals surface area contributed by atoms with Crippen LogP contribution in [0.3, 0.4) is 0 Å². The first-order chi connectivity index (χ1) is 25.8. The molecule has 2 aliphatic carbocycles. The van der Waals surface area contributed by atoms with Crippen molar-refractivity contribution in [3.63, 3.8) is 0 Å². The third-order valence-corrected chi connectivity index (χ3v) is 10.6. The molecule has 8 aromatic rings. The first-order valence-corrected chi connectivity index (χ1v) is 18.0. The molecule has 2 atom stereocenters. The van der Waals surface area contributed by atoms with Gasteiger partial charge in [0.15, 0.2) is 0 Å². The number of anilines is 3. The summed E-state index contributed by atoms with van der Waals surface area (Å²) in [5.74, 6) is 0.873. The van der Waals surface area contributed by atoms with E-state index >= 15 is 0 Å². The van der Waals surface area contributed by atoms with Crippen LogP contribution in [0.1, 0.15) is 5.56 Å². The van der Waals surface area contributed by atoms with Gasteiger partial charge >= 0.3 is 0 Å². The van der Waals surface area contributed by atoms with Crippen LogP contribution in [0.25, 0.3) is 60.5 Å². The van der Waals surface area contributed by atoms with Crippen LogP contribution >= 0.6 is 0 Å². The Morgan fingerprint density at radius 2 is 1.04 bits per heavy atom. The second kappa shape index (κ2) is 12.6. The number of rotatable bonds is 6. The summed E-state index contributed by atoms with van der Waals surface area (Å²) in [7, 11) is 0. The zero-order chi connectivity index (χ0) is 34.4. The fourth-order valence-corrected chi connectivity index (χ4v) is 7.94. The van der Waals surface area contributed by atoms with E-state index < -0.39 is 0 Å². The van der Waals surface area contributed by atoms with Crippen LogP contribution in [0.5, 0.6) is 0 Å². The highest BCUT2D eigenvalue weighted by Crippen LogP contribution is 2.42. The summed E-state index contributed by atoms with van der Waals surface area (Å²) in [5, 5.41) is 4.56. The molecule has 0 N–H and O–H groups in total. The molecule has 10 rings (SSSR count). The first kappa shape index (κ1) is 30.2. The second-order valence-corrected chi connectivity index (χ2v) is 13.7. The van der Waals surface area contributed by atoms with Crippen LogP contribution in [0.4, 0.5) is 17.1 Å². The quantitative estimate of drug-likeness (QED) is 0.176. The van der Waals surface area contributed by atoms with E-state index in [0.717, 1.165) is 50.0 Å². The van der Waals surface area contributed by atoms with Crippen LogP contribution in [-0.4, -0.2) is 0 Å². The molecule has 0 saturated heterocycles. The lowest BCUT2D eigenvalue weighted by Gasteiger charge is -2.26. The Morgan fingerprint density at radius 1 is 0.423 bits per heavy atom. The number of benzene rings is 7. The minimum Gasteiger partial charge on any atom is -0.455 e. The molecule has 0 bridgehead atoms. The molecule has 0 spiro atoms. The molecule has 0 aliphatic heterocycles. The van der Waals surface area contributed by atoms with E-state index in [0.29, 0.717) is 11.8 Å². The lowest BCUT2D eigenvalue weighted by atomic mass is 9.81. The summed E-state index contributed by atoms with van der Waals surface area (Å²) in [4.78, 5) is 2.33. The average molecular weight is 666 g/mol. The van der Waals surface area contributed by atoms with Gasteiger partial charge in [0.25, 0.3) is 0 Å². The third kappa shape index (κ3) is 5.28. The Labute approximate surface area is 303 Å². The van der Waals surface area contributed by atoms with Crippen molar-refractivity contribution >= 4 is 55.3 Å². The van der Waals surface area contributed by atoms with E-state index in [2.05, 4.69) is 199 Å². The Hall–Kier alpha value is -6.64. The van der Waals surface area contributed by atoms with Crippen molar-refractivity contribution in [3.05, 3.63) is 206 Å². The number of hydrogen-bond acceptors (Lipinski definition) is 2. The zero-order valence-corrected chi connectivity index (χ0v) is 28.6. The van der Waals surface area contributed by atoms with Crippen LogP contribution < -0.4 is 4.90 Å². The van der Waals surface area contributed by atoms with Gasteiger partial charge in [-0.15, -0.1) is 0 Å². The molecule has 0 amide bonds. The van der Waals surface area contributed by atoms with Crippen molar-refractivity contribution in [2.75, 3.05) is 4.90 Å². The molecule has 2 aliphatic rings. The number of fused-ring (bicyclic) bond motifs is 6. The zero-order valence-electron chi connectivity index (χ0n) is 28.6. The van der Waals surface area contributed by atoms with Gasteiger partial charge in [0, 0.05) is 45.1 Å². The maximum absolute atomic E-state index is 6.62. The maximum Gasteiger partial charge on any atom is 0.143 e. The maximum atomic E-state index is 6.62. The number of nitrogens with zero attached hydrogens (tertiary/aromatic N) is 1. The molecule has 2 nitrogen and oxygen atoms in total. The van der Waals surface area contributed by atoms with Gasteiger partial charge in [-0.2, -0.15) is 0 Å². The van der Waals surface area contributed by atoms with E-state index in [4.69, 9.17) is 4.42 Å². The lowest BCUT2D eigenvalue weighted by molar-refractivity contribution is 0.663. The Balaban J connectivity index is 1.03. The monoisotopic (exact) mass is 665 g/mol. The standard InChI is InChI=1S/C50H35NO/c1-3-11-34(12-4-1)40-25-30-45-48-33-47(44-17-9-10-18-46(44)50(48)52-49(45)32-40)37-23-28-43(29-24-37)51(41-15-5-2-6-16-41)42-26-21-36(22-27-42)39-20-19-35-13-7-8-14-38(35)31-39/h1-33,35,38H. The summed E-state index contributed by atoms with van der Waals surface area (Å²) >= 11 is 0. The molecule has 2 unspecified atom stereocenters. The molecule has 0 radical (unpaired) electrons. The molecule has 1 heterocycles. The minimum absolute atomic E-state index is 0.418. The Kier molecular flexibility index (Phi) is 7.32. The van der Waals surface area contributed by atoms with Gasteiger partial charge in [-0.25, -0.2) is 0 Å². The molecule has 52 heavy (non-hydrogen) atoms. The molecular formula is C50H35NO. The van der Waals surface area contributed by atoms with E-state index in [-0.39, 0.29) is 0 Å². The number of furan rings is 1. The van der Waals surface area contributed by atoms with Crippen LogP contribution in [0, 0.1) is 11.8 Å². The van der Waals surface area contributed by atoms with Gasteiger partial charge in [-0.3, -0.25) is 0 Å². The van der Waals surface area contributed by atoms with Crippen molar-refractivity contribution in [1.29, 1.82) is 0 Å². The number of hydrogen-bond donors (Lipinski definition) is 0. The molecule has 1 aromatic heterocycles. The van der Waals surface area contributed by atoms with Crippen molar-refractivity contribution in [3.8, 4) is 22.3 Å². The molecular weight excluding hydrogens is 631 g/mol. The van der Waals surface area contributed by atoms with Crippen molar-refractivity contribution < 1.29 is 4.42 Å². The van der Waals surface area contributed by atoms with Gasteiger partial charge in [-0.1, -0.05) is 146 Å². The highest BCUT2D eigenvalue weighted by atomic mass is 16.3. The SMILES string of the molecule is C1=CC2C=CC(c3ccc(N(c4ccccc4)c4ccc(-c5cc6c7ccc(-c8ccccc8)cc7oc6c6ccccc56)cc4)cc3)=CC2C=C1. The largest absolute Gasteiger partial charge is 0.455 e. The highest BCUT2D eigenvalue weighted by molar-refractivity contribution is 6.19. The summed E-state index contributed by atoms with van der Waals surface area (Å²) < 4.78 is 6.62. The summed E-state index contributed by atoms with van der Waals surface area (Å²) in [6, 6.07) is 56.5. The van der Waals surface area contributed by atoms with Gasteiger partial charge in [-0.05, 0) is 93.4 Å².